The van der Waals surface area contributed by atoms with Gasteiger partial charge >= 0.3 is 6.03 Å². The number of imide groups is 1. The third kappa shape index (κ3) is 3.04. The van der Waals surface area contributed by atoms with Gasteiger partial charge in [-0.25, -0.2) is 9.78 Å². The van der Waals surface area contributed by atoms with E-state index in [1.807, 2.05) is 0 Å². The van der Waals surface area contributed by atoms with Crippen molar-refractivity contribution in [2.75, 3.05) is 13.1 Å². The highest BCUT2D eigenvalue weighted by Gasteiger charge is 2.31. The number of aromatic nitrogens is 3. The molecule has 0 spiro atoms. The van der Waals surface area contributed by atoms with E-state index < -0.39 is 0 Å². The van der Waals surface area contributed by atoms with Crippen molar-refractivity contribution in [2.24, 2.45) is 0 Å². The van der Waals surface area contributed by atoms with Gasteiger partial charge in [0.1, 0.15) is 5.82 Å². The summed E-state index contributed by atoms with van der Waals surface area (Å²) < 4.78 is 0. The van der Waals surface area contributed by atoms with E-state index >= 15 is 0 Å². The van der Waals surface area contributed by atoms with Gasteiger partial charge in [0.2, 0.25) is 11.1 Å². The van der Waals surface area contributed by atoms with Crippen molar-refractivity contribution in [2.45, 2.75) is 48.9 Å². The maximum Gasteiger partial charge on any atom is 0.324 e. The first-order chi connectivity index (χ1) is 10.1. The monoisotopic (exact) mass is 309 g/mol. The predicted octanol–water partition coefficient (Wildman–Crippen LogP) is 1.49. The van der Waals surface area contributed by atoms with E-state index in [2.05, 4.69) is 20.5 Å². The van der Waals surface area contributed by atoms with Gasteiger partial charge in [-0.1, -0.05) is 24.6 Å². The topological polar surface area (TPSA) is 91.0 Å². The molecule has 0 aromatic carbocycles. The maximum absolute atomic E-state index is 12.2. The van der Waals surface area contributed by atoms with Gasteiger partial charge in [0.05, 0.1) is 5.25 Å². The van der Waals surface area contributed by atoms with Crippen LogP contribution in [0.3, 0.4) is 0 Å². The fourth-order valence-electron chi connectivity index (χ4n) is 2.80. The first-order valence-electron chi connectivity index (χ1n) is 7.33. The van der Waals surface area contributed by atoms with Crippen LogP contribution in [0.25, 0.3) is 0 Å². The molecule has 3 rings (SSSR count). The van der Waals surface area contributed by atoms with Crippen molar-refractivity contribution in [3.63, 3.8) is 0 Å². The molecule has 1 aliphatic heterocycles. The lowest BCUT2D eigenvalue weighted by atomic mass is 10.1. The largest absolute Gasteiger partial charge is 0.336 e. The second-order valence-corrected chi connectivity index (χ2v) is 6.77. The molecule has 0 radical (unpaired) electrons. The first kappa shape index (κ1) is 14.4. The molecule has 1 aromatic heterocycles. The van der Waals surface area contributed by atoms with Crippen LogP contribution in [0, 0.1) is 0 Å². The smallest absolute Gasteiger partial charge is 0.324 e. The molecule has 21 heavy (non-hydrogen) atoms. The molecular weight excluding hydrogens is 290 g/mol. The number of rotatable bonds is 4. The molecular formula is C13H19N5O2S. The number of nitrogens with zero attached hydrogens (tertiary/aromatic N) is 3. The highest BCUT2D eigenvalue weighted by Crippen LogP contribution is 2.33. The molecule has 1 atom stereocenters. The Hall–Kier alpha value is -1.57. The molecule has 8 heteroatoms. The van der Waals surface area contributed by atoms with Crippen LogP contribution < -0.4 is 5.32 Å². The summed E-state index contributed by atoms with van der Waals surface area (Å²) in [5, 5.41) is 10.0. The highest BCUT2D eigenvalue weighted by molar-refractivity contribution is 8.00. The molecule has 1 unspecified atom stereocenters. The molecule has 1 saturated carbocycles. The Kier molecular flexibility index (Phi) is 4.14. The normalized spacial score (nSPS) is 20.8. The molecule has 2 N–H and O–H groups in total. The fraction of sp³-hybridized carbons (Fsp3) is 0.692. The van der Waals surface area contributed by atoms with E-state index in [0.717, 1.165) is 18.7 Å². The van der Waals surface area contributed by atoms with Crippen LogP contribution in [0.5, 0.6) is 0 Å². The van der Waals surface area contributed by atoms with E-state index in [1.165, 1.54) is 29.5 Å². The molecule has 2 fully saturated rings. The second-order valence-electron chi connectivity index (χ2n) is 5.47. The summed E-state index contributed by atoms with van der Waals surface area (Å²) in [5.74, 6) is 1.21. The summed E-state index contributed by atoms with van der Waals surface area (Å²) in [6.45, 7) is 2.74. The van der Waals surface area contributed by atoms with Gasteiger partial charge in [-0.05, 0) is 19.8 Å². The zero-order valence-electron chi connectivity index (χ0n) is 12.0. The van der Waals surface area contributed by atoms with Crippen LogP contribution in [0.2, 0.25) is 0 Å². The zero-order chi connectivity index (χ0) is 14.8. The molecule has 2 aliphatic rings. The summed E-state index contributed by atoms with van der Waals surface area (Å²) in [5.41, 5.74) is 0. The van der Waals surface area contributed by atoms with Crippen LogP contribution in [0.15, 0.2) is 5.16 Å². The van der Waals surface area contributed by atoms with Crippen LogP contribution in [0.4, 0.5) is 4.79 Å². The number of carbonyl (C=O) groups excluding carboxylic acids is 2. The molecule has 2 heterocycles. The molecule has 1 aliphatic carbocycles. The van der Waals surface area contributed by atoms with Crippen molar-refractivity contribution in [3.05, 3.63) is 5.82 Å². The van der Waals surface area contributed by atoms with E-state index in [1.54, 1.807) is 6.92 Å². The third-order valence-corrected chi connectivity index (χ3v) is 4.93. The molecule has 0 bridgehead atoms. The number of amides is 3. The summed E-state index contributed by atoms with van der Waals surface area (Å²) >= 11 is 1.30. The molecule has 1 aromatic rings. The maximum atomic E-state index is 12.2. The molecule has 1 saturated heterocycles. The lowest BCUT2D eigenvalue weighted by Gasteiger charge is -2.16. The minimum Gasteiger partial charge on any atom is -0.336 e. The number of nitrogens with one attached hydrogen (secondary N) is 2. The van der Waals surface area contributed by atoms with Crippen molar-refractivity contribution in [1.82, 2.24) is 25.4 Å². The summed E-state index contributed by atoms with van der Waals surface area (Å²) in [7, 11) is 0. The standard InChI is InChI=1S/C13H19N5O2S/c1-8(11(19)18-7-6-14-13(18)20)21-12-15-10(16-17-12)9-4-2-3-5-9/h8-9H,2-7H2,1H3,(H,14,20)(H,15,16,17). The quantitative estimate of drug-likeness (QED) is 0.822. The van der Waals surface area contributed by atoms with Crippen molar-refractivity contribution in [1.29, 1.82) is 0 Å². The summed E-state index contributed by atoms with van der Waals surface area (Å²) in [6.07, 6.45) is 4.79. The van der Waals surface area contributed by atoms with Crippen molar-refractivity contribution < 1.29 is 9.59 Å². The Bertz CT molecular complexity index is 540. The number of carbonyl (C=O) groups is 2. The third-order valence-electron chi connectivity index (χ3n) is 3.98. The van der Waals surface area contributed by atoms with Crippen LogP contribution in [0.1, 0.15) is 44.3 Å². The number of thioether (sulfide) groups is 1. The molecule has 7 nitrogen and oxygen atoms in total. The molecule has 114 valence electrons. The summed E-state index contributed by atoms with van der Waals surface area (Å²) in [6, 6.07) is -0.311. The zero-order valence-corrected chi connectivity index (χ0v) is 12.8. The van der Waals surface area contributed by atoms with E-state index in [0.29, 0.717) is 24.2 Å². The lowest BCUT2D eigenvalue weighted by molar-refractivity contribution is -0.126. The van der Waals surface area contributed by atoms with Gasteiger partial charge < -0.3 is 5.32 Å². The fourth-order valence-corrected chi connectivity index (χ4v) is 3.60. The SMILES string of the molecule is CC(Sc1n[nH]c(C2CCCC2)n1)C(=O)N1CCNC1=O. The number of H-pyrrole nitrogens is 1. The van der Waals surface area contributed by atoms with Gasteiger partial charge in [0.15, 0.2) is 0 Å². The Morgan fingerprint density at radius 1 is 1.43 bits per heavy atom. The van der Waals surface area contributed by atoms with Gasteiger partial charge in [-0.3, -0.25) is 14.8 Å². The predicted molar refractivity (Wildman–Crippen MR) is 78.0 cm³/mol. The van der Waals surface area contributed by atoms with E-state index in [-0.39, 0.29) is 17.2 Å². The van der Waals surface area contributed by atoms with E-state index in [9.17, 15) is 9.59 Å². The number of urea groups is 1. The number of hydrogen-bond donors (Lipinski definition) is 2. The minimum absolute atomic E-state index is 0.192. The number of hydrogen-bond acceptors (Lipinski definition) is 5. The van der Waals surface area contributed by atoms with Crippen LogP contribution >= 0.6 is 11.8 Å². The van der Waals surface area contributed by atoms with Crippen molar-refractivity contribution in [3.8, 4) is 0 Å². The Morgan fingerprint density at radius 3 is 2.86 bits per heavy atom. The lowest BCUT2D eigenvalue weighted by Crippen LogP contribution is -2.38. The average molecular weight is 309 g/mol. The highest BCUT2D eigenvalue weighted by atomic mass is 32.2. The van der Waals surface area contributed by atoms with Gasteiger partial charge in [-0.2, -0.15) is 0 Å². The van der Waals surface area contributed by atoms with E-state index in [4.69, 9.17) is 0 Å². The summed E-state index contributed by atoms with van der Waals surface area (Å²) in [4.78, 5) is 29.4. The Labute approximate surface area is 127 Å². The Morgan fingerprint density at radius 2 is 2.19 bits per heavy atom. The van der Waals surface area contributed by atoms with Crippen molar-refractivity contribution >= 4 is 23.7 Å². The average Bonchev–Trinajstić information content (AvgIpc) is 3.17. The van der Waals surface area contributed by atoms with Crippen LogP contribution in [-0.4, -0.2) is 50.4 Å². The van der Waals surface area contributed by atoms with Gasteiger partial charge in [0, 0.05) is 19.0 Å². The van der Waals surface area contributed by atoms with Crippen LogP contribution in [-0.2, 0) is 4.79 Å². The van der Waals surface area contributed by atoms with Gasteiger partial charge in [0.25, 0.3) is 0 Å². The Balaban J connectivity index is 1.60. The minimum atomic E-state index is -0.374. The van der Waals surface area contributed by atoms with Gasteiger partial charge in [-0.15, -0.1) is 5.10 Å². The first-order valence-corrected chi connectivity index (χ1v) is 8.21. The molecule has 3 amide bonds. The number of aromatic amines is 1. The second kappa shape index (κ2) is 6.05.